The van der Waals surface area contributed by atoms with Gasteiger partial charge in [-0.15, -0.1) is 0 Å². The second-order valence-corrected chi connectivity index (χ2v) is 3.39. The monoisotopic (exact) mass is 224 g/mol. The Morgan fingerprint density at radius 1 is 1.12 bits per heavy atom. The molecular formula is C10H12N2O4. The molecule has 0 aromatic heterocycles. The molecule has 1 rings (SSSR count). The van der Waals surface area contributed by atoms with E-state index in [4.69, 9.17) is 0 Å². The zero-order chi connectivity index (χ0) is 12.1. The van der Waals surface area contributed by atoms with Crippen LogP contribution < -0.4 is 0 Å². The van der Waals surface area contributed by atoms with Crippen molar-refractivity contribution in [3.8, 4) is 0 Å². The van der Waals surface area contributed by atoms with Crippen molar-refractivity contribution in [3.63, 3.8) is 0 Å². The first kappa shape index (κ1) is 12.1. The van der Waals surface area contributed by atoms with Gasteiger partial charge in [0, 0.05) is 12.1 Å². The fourth-order valence-corrected chi connectivity index (χ4v) is 1.51. The molecule has 0 fully saturated rings. The summed E-state index contributed by atoms with van der Waals surface area (Å²) in [6.07, 6.45) is 1.90. The first-order valence-electron chi connectivity index (χ1n) is 4.98. The quantitative estimate of drug-likeness (QED) is 0.568. The highest BCUT2D eigenvalue weighted by atomic mass is 16.6. The minimum absolute atomic E-state index is 0.164. The molecule has 1 aromatic rings. The first-order valence-corrected chi connectivity index (χ1v) is 4.98. The van der Waals surface area contributed by atoms with E-state index in [1.807, 2.05) is 6.92 Å². The second kappa shape index (κ2) is 5.20. The van der Waals surface area contributed by atoms with Gasteiger partial charge in [0.25, 0.3) is 11.4 Å². The maximum absolute atomic E-state index is 10.7. The van der Waals surface area contributed by atoms with Gasteiger partial charge in [0.1, 0.15) is 5.56 Å². The predicted octanol–water partition coefficient (Wildman–Crippen LogP) is 2.85. The minimum atomic E-state index is -0.571. The number of nitro benzene ring substituents is 2. The number of unbranched alkanes of at least 4 members (excludes halogenated alkanes) is 1. The normalized spacial score (nSPS) is 10.1. The molecule has 0 saturated heterocycles. The lowest BCUT2D eigenvalue weighted by Crippen LogP contribution is -2.01. The van der Waals surface area contributed by atoms with Crippen LogP contribution in [-0.2, 0) is 6.42 Å². The van der Waals surface area contributed by atoms with E-state index in [0.29, 0.717) is 12.8 Å². The van der Waals surface area contributed by atoms with Gasteiger partial charge in [-0.25, -0.2) is 0 Å². The molecule has 6 heteroatoms. The van der Waals surface area contributed by atoms with Crippen molar-refractivity contribution < 1.29 is 9.85 Å². The van der Waals surface area contributed by atoms with Gasteiger partial charge in [-0.2, -0.15) is 0 Å². The summed E-state index contributed by atoms with van der Waals surface area (Å²) in [4.78, 5) is 20.3. The summed E-state index contributed by atoms with van der Waals surface area (Å²) in [6, 6.07) is 3.95. The molecule has 16 heavy (non-hydrogen) atoms. The molecule has 0 aliphatic rings. The van der Waals surface area contributed by atoms with Crippen LogP contribution in [0.25, 0.3) is 0 Å². The van der Waals surface area contributed by atoms with Crippen LogP contribution in [0.5, 0.6) is 0 Å². The lowest BCUT2D eigenvalue weighted by atomic mass is 10.0. The molecule has 0 atom stereocenters. The standard InChI is InChI=1S/C10H12N2O4/c1-2-3-5-8-9(11(13)14)6-4-7-10(8)12(15)16/h4,6-7H,2-3,5H2,1H3. The van der Waals surface area contributed by atoms with Crippen molar-refractivity contribution >= 4 is 11.4 Å². The highest BCUT2D eigenvalue weighted by molar-refractivity contribution is 5.53. The van der Waals surface area contributed by atoms with Crippen LogP contribution in [0.4, 0.5) is 11.4 Å². The third-order valence-electron chi connectivity index (χ3n) is 2.30. The number of rotatable bonds is 5. The van der Waals surface area contributed by atoms with Crippen LogP contribution in [-0.4, -0.2) is 9.85 Å². The smallest absolute Gasteiger partial charge is 0.258 e. The van der Waals surface area contributed by atoms with E-state index in [0.717, 1.165) is 6.42 Å². The van der Waals surface area contributed by atoms with Crippen LogP contribution in [0.15, 0.2) is 18.2 Å². The van der Waals surface area contributed by atoms with Crippen LogP contribution in [0.1, 0.15) is 25.3 Å². The molecule has 0 N–H and O–H groups in total. The average Bonchev–Trinajstić information content (AvgIpc) is 2.25. The lowest BCUT2D eigenvalue weighted by molar-refractivity contribution is -0.395. The number of hydrogen-bond acceptors (Lipinski definition) is 4. The highest BCUT2D eigenvalue weighted by Gasteiger charge is 2.23. The van der Waals surface area contributed by atoms with Gasteiger partial charge in [0.2, 0.25) is 0 Å². The van der Waals surface area contributed by atoms with Gasteiger partial charge < -0.3 is 0 Å². The Morgan fingerprint density at radius 3 is 2.00 bits per heavy atom. The lowest BCUT2D eigenvalue weighted by Gasteiger charge is -2.02. The molecule has 0 radical (unpaired) electrons. The average molecular weight is 224 g/mol. The minimum Gasteiger partial charge on any atom is -0.258 e. The van der Waals surface area contributed by atoms with E-state index in [9.17, 15) is 20.2 Å². The fourth-order valence-electron chi connectivity index (χ4n) is 1.51. The zero-order valence-corrected chi connectivity index (χ0v) is 8.88. The van der Waals surface area contributed by atoms with Crippen molar-refractivity contribution in [2.24, 2.45) is 0 Å². The van der Waals surface area contributed by atoms with Gasteiger partial charge in [0.15, 0.2) is 0 Å². The maximum Gasteiger partial charge on any atom is 0.279 e. The van der Waals surface area contributed by atoms with E-state index in [1.54, 1.807) is 0 Å². The fraction of sp³-hybridized carbons (Fsp3) is 0.400. The Morgan fingerprint density at radius 2 is 1.62 bits per heavy atom. The Labute approximate surface area is 92.2 Å². The third-order valence-corrected chi connectivity index (χ3v) is 2.30. The van der Waals surface area contributed by atoms with Crippen LogP contribution in [0, 0.1) is 20.2 Å². The van der Waals surface area contributed by atoms with Gasteiger partial charge in [-0.1, -0.05) is 13.3 Å². The summed E-state index contributed by atoms with van der Waals surface area (Å²) in [7, 11) is 0. The second-order valence-electron chi connectivity index (χ2n) is 3.39. The third kappa shape index (κ3) is 2.53. The van der Waals surface area contributed by atoms with E-state index >= 15 is 0 Å². The number of hydrogen-bond donors (Lipinski definition) is 0. The van der Waals surface area contributed by atoms with Gasteiger partial charge in [-0.3, -0.25) is 20.2 Å². The molecule has 0 saturated carbocycles. The summed E-state index contributed by atoms with van der Waals surface area (Å²) >= 11 is 0. The van der Waals surface area contributed by atoms with E-state index in [-0.39, 0.29) is 16.9 Å². The molecule has 0 aliphatic carbocycles. The van der Waals surface area contributed by atoms with Crippen molar-refractivity contribution in [2.75, 3.05) is 0 Å². The summed E-state index contributed by atoms with van der Waals surface area (Å²) in [6.45, 7) is 1.93. The molecule has 0 aliphatic heterocycles. The summed E-state index contributed by atoms with van der Waals surface area (Å²) in [5.74, 6) is 0. The Bertz CT molecular complexity index is 385. The first-order chi connectivity index (χ1) is 7.57. The van der Waals surface area contributed by atoms with Crippen LogP contribution in [0.3, 0.4) is 0 Å². The Kier molecular flexibility index (Phi) is 3.93. The molecule has 0 amide bonds. The van der Waals surface area contributed by atoms with Crippen molar-refractivity contribution in [2.45, 2.75) is 26.2 Å². The number of nitrogens with zero attached hydrogens (tertiary/aromatic N) is 2. The highest BCUT2D eigenvalue weighted by Crippen LogP contribution is 2.29. The Balaban J connectivity index is 3.23. The van der Waals surface area contributed by atoms with Crippen molar-refractivity contribution in [1.29, 1.82) is 0 Å². The van der Waals surface area contributed by atoms with E-state index in [2.05, 4.69) is 0 Å². The van der Waals surface area contributed by atoms with Gasteiger partial charge >= 0.3 is 0 Å². The van der Waals surface area contributed by atoms with Crippen LogP contribution >= 0.6 is 0 Å². The topological polar surface area (TPSA) is 86.3 Å². The van der Waals surface area contributed by atoms with Gasteiger partial charge in [0.05, 0.1) is 9.85 Å². The summed E-state index contributed by atoms with van der Waals surface area (Å²) < 4.78 is 0. The number of benzene rings is 1. The molecule has 0 unspecified atom stereocenters. The molecule has 6 nitrogen and oxygen atoms in total. The summed E-state index contributed by atoms with van der Waals surface area (Å²) in [5, 5.41) is 21.5. The predicted molar refractivity (Wildman–Crippen MR) is 58.4 cm³/mol. The van der Waals surface area contributed by atoms with Crippen molar-refractivity contribution in [3.05, 3.63) is 44.0 Å². The van der Waals surface area contributed by atoms with E-state index in [1.165, 1.54) is 18.2 Å². The van der Waals surface area contributed by atoms with Gasteiger partial charge in [-0.05, 0) is 18.9 Å². The number of nitro groups is 2. The maximum atomic E-state index is 10.7. The molecule has 86 valence electrons. The zero-order valence-electron chi connectivity index (χ0n) is 8.88. The molecule has 1 aromatic carbocycles. The summed E-state index contributed by atoms with van der Waals surface area (Å²) in [5.41, 5.74) is -0.107. The van der Waals surface area contributed by atoms with Crippen LogP contribution in [0.2, 0.25) is 0 Å². The molecule has 0 bridgehead atoms. The van der Waals surface area contributed by atoms with Crippen molar-refractivity contribution in [1.82, 2.24) is 0 Å². The van der Waals surface area contributed by atoms with E-state index < -0.39 is 9.85 Å². The molecule has 0 spiro atoms. The largest absolute Gasteiger partial charge is 0.279 e. The molecular weight excluding hydrogens is 212 g/mol. The Hall–Kier alpha value is -1.98. The SMILES string of the molecule is CCCCc1c([N+](=O)[O-])cccc1[N+](=O)[O-]. The molecule has 0 heterocycles.